The van der Waals surface area contributed by atoms with Gasteiger partial charge in [0.2, 0.25) is 0 Å². The Bertz CT molecular complexity index is 355. The van der Waals surface area contributed by atoms with Crippen molar-refractivity contribution in [2.45, 2.75) is 52.4 Å². The van der Waals surface area contributed by atoms with Gasteiger partial charge >= 0.3 is 5.97 Å². The van der Waals surface area contributed by atoms with Crippen LogP contribution in [0.1, 0.15) is 52.4 Å². The average molecular weight is 252 g/mol. The van der Waals surface area contributed by atoms with E-state index in [1.165, 1.54) is 0 Å². The second-order valence-electron chi connectivity index (χ2n) is 5.51. The summed E-state index contributed by atoms with van der Waals surface area (Å²) in [5.41, 5.74) is 1.31. The van der Waals surface area contributed by atoms with E-state index in [1.54, 1.807) is 0 Å². The van der Waals surface area contributed by atoms with Crippen molar-refractivity contribution in [1.82, 2.24) is 0 Å². The van der Waals surface area contributed by atoms with Gasteiger partial charge in [0.15, 0.2) is 0 Å². The van der Waals surface area contributed by atoms with Gasteiger partial charge < -0.3 is 10.2 Å². The number of aliphatic hydroxyl groups is 1. The van der Waals surface area contributed by atoms with Crippen molar-refractivity contribution in [3.8, 4) is 0 Å². The first-order chi connectivity index (χ1) is 8.41. The first kappa shape index (κ1) is 14.8. The molecule has 2 atom stereocenters. The Labute approximate surface area is 109 Å². The largest absolute Gasteiger partial charge is 0.512 e. The fourth-order valence-electron chi connectivity index (χ4n) is 2.43. The van der Waals surface area contributed by atoms with Gasteiger partial charge in [-0.1, -0.05) is 19.9 Å². The van der Waals surface area contributed by atoms with E-state index in [1.807, 2.05) is 6.92 Å². The maximum atomic E-state index is 11.0. The molecule has 0 saturated carbocycles. The van der Waals surface area contributed by atoms with Gasteiger partial charge in [0.25, 0.3) is 0 Å². The summed E-state index contributed by atoms with van der Waals surface area (Å²) in [6, 6.07) is 0. The normalized spacial score (nSPS) is 30.8. The fraction of sp³-hybridized carbons (Fsp3) is 0.667. The predicted octanol–water partition coefficient (Wildman–Crippen LogP) is 4.07. The molecule has 0 aromatic rings. The number of carboxylic acids is 1. The molecule has 1 aliphatic carbocycles. The lowest BCUT2D eigenvalue weighted by atomic mass is 9.84. The number of rotatable bonds is 2. The zero-order valence-electron chi connectivity index (χ0n) is 11.4. The number of hydrogen-bond donors (Lipinski definition) is 2. The zero-order chi connectivity index (χ0) is 13.7. The highest BCUT2D eigenvalue weighted by atomic mass is 16.4. The maximum absolute atomic E-state index is 11.0. The highest BCUT2D eigenvalue weighted by Crippen LogP contribution is 2.30. The quantitative estimate of drug-likeness (QED) is 0.728. The van der Waals surface area contributed by atoms with E-state index in [9.17, 15) is 9.90 Å². The molecule has 1 aliphatic rings. The molecule has 0 aliphatic heterocycles. The SMILES string of the molecule is C=C(C(=O)O)[C@@H]1CC/C(C)=C(\O)CC[C@H](C)CC1. The molecule has 3 heteroatoms. The molecule has 0 unspecified atom stereocenters. The molecule has 0 bridgehead atoms. The van der Waals surface area contributed by atoms with Crippen molar-refractivity contribution in [2.75, 3.05) is 0 Å². The average Bonchev–Trinajstić information content (AvgIpc) is 2.33. The Kier molecular flexibility index (Phi) is 5.45. The molecule has 0 fully saturated rings. The number of aliphatic carboxylic acids is 1. The summed E-state index contributed by atoms with van der Waals surface area (Å²) in [7, 11) is 0. The lowest BCUT2D eigenvalue weighted by molar-refractivity contribution is -0.133. The lowest BCUT2D eigenvalue weighted by Gasteiger charge is -2.22. The van der Waals surface area contributed by atoms with Gasteiger partial charge in [-0.2, -0.15) is 0 Å². The van der Waals surface area contributed by atoms with Gasteiger partial charge in [-0.25, -0.2) is 4.79 Å². The van der Waals surface area contributed by atoms with Gasteiger partial charge in [-0.05, 0) is 50.0 Å². The summed E-state index contributed by atoms with van der Waals surface area (Å²) in [5.74, 6) is 0.145. The summed E-state index contributed by atoms with van der Waals surface area (Å²) in [6.07, 6.45) is 5.14. The Morgan fingerprint density at radius 2 is 1.89 bits per heavy atom. The minimum absolute atomic E-state index is 0.0331. The topological polar surface area (TPSA) is 57.5 Å². The first-order valence-electron chi connectivity index (χ1n) is 6.71. The summed E-state index contributed by atoms with van der Waals surface area (Å²) in [5, 5.41) is 18.9. The molecule has 0 heterocycles. The number of carbonyl (C=O) groups is 1. The van der Waals surface area contributed by atoms with Gasteiger partial charge in [0.05, 0.1) is 5.76 Å². The van der Waals surface area contributed by atoms with Crippen LogP contribution in [-0.4, -0.2) is 16.2 Å². The molecule has 0 aromatic heterocycles. The van der Waals surface area contributed by atoms with Crippen LogP contribution in [0, 0.1) is 11.8 Å². The van der Waals surface area contributed by atoms with Crippen LogP contribution in [-0.2, 0) is 4.79 Å². The second-order valence-corrected chi connectivity index (χ2v) is 5.51. The van der Waals surface area contributed by atoms with E-state index in [-0.39, 0.29) is 5.92 Å². The van der Waals surface area contributed by atoms with E-state index in [2.05, 4.69) is 13.5 Å². The molecule has 1 rings (SSSR count). The lowest BCUT2D eigenvalue weighted by Crippen LogP contribution is -2.14. The molecule has 3 nitrogen and oxygen atoms in total. The molecule has 0 radical (unpaired) electrons. The van der Waals surface area contributed by atoms with E-state index in [0.717, 1.165) is 44.1 Å². The molecule has 2 N–H and O–H groups in total. The summed E-state index contributed by atoms with van der Waals surface area (Å²) in [6.45, 7) is 7.79. The van der Waals surface area contributed by atoms with E-state index in [4.69, 9.17) is 5.11 Å². The molecule has 18 heavy (non-hydrogen) atoms. The van der Waals surface area contributed by atoms with Crippen molar-refractivity contribution in [3.05, 3.63) is 23.5 Å². The van der Waals surface area contributed by atoms with E-state index in [0.29, 0.717) is 17.3 Å². The van der Waals surface area contributed by atoms with Crippen LogP contribution in [0.5, 0.6) is 0 Å². The molecule has 0 aromatic carbocycles. The van der Waals surface area contributed by atoms with Gasteiger partial charge in [0, 0.05) is 12.0 Å². The number of carboxylic acid groups (broad SMARTS) is 1. The molecule has 0 spiro atoms. The summed E-state index contributed by atoms with van der Waals surface area (Å²) < 4.78 is 0. The molecule has 0 amide bonds. The Balaban J connectivity index is 2.79. The van der Waals surface area contributed by atoms with Crippen molar-refractivity contribution >= 4 is 5.97 Å². The monoisotopic (exact) mass is 252 g/mol. The number of allylic oxidation sites excluding steroid dienone is 2. The molecular formula is C15H24O3. The number of aliphatic hydroxyl groups excluding tert-OH is 1. The van der Waals surface area contributed by atoms with Crippen molar-refractivity contribution in [2.24, 2.45) is 11.8 Å². The highest BCUT2D eigenvalue weighted by molar-refractivity contribution is 5.86. The van der Waals surface area contributed by atoms with Crippen LogP contribution in [0.15, 0.2) is 23.5 Å². The Morgan fingerprint density at radius 3 is 2.50 bits per heavy atom. The van der Waals surface area contributed by atoms with Crippen molar-refractivity contribution < 1.29 is 15.0 Å². The predicted molar refractivity (Wildman–Crippen MR) is 72.5 cm³/mol. The minimum Gasteiger partial charge on any atom is -0.512 e. The highest BCUT2D eigenvalue weighted by Gasteiger charge is 2.21. The maximum Gasteiger partial charge on any atom is 0.331 e. The molecule has 0 saturated heterocycles. The van der Waals surface area contributed by atoms with E-state index >= 15 is 0 Å². The van der Waals surface area contributed by atoms with E-state index < -0.39 is 5.97 Å². The Hall–Kier alpha value is -1.25. The fourth-order valence-corrected chi connectivity index (χ4v) is 2.43. The summed E-state index contributed by atoms with van der Waals surface area (Å²) in [4.78, 5) is 11.0. The third-order valence-corrected chi connectivity index (χ3v) is 4.01. The van der Waals surface area contributed by atoms with Crippen LogP contribution >= 0.6 is 0 Å². The van der Waals surface area contributed by atoms with Gasteiger partial charge in [0.1, 0.15) is 0 Å². The van der Waals surface area contributed by atoms with Crippen molar-refractivity contribution in [1.29, 1.82) is 0 Å². The minimum atomic E-state index is -0.893. The smallest absolute Gasteiger partial charge is 0.331 e. The standard InChI is InChI=1S/C15H24O3/c1-10-4-7-13(12(3)15(17)18)8-6-11(2)14(16)9-5-10/h10,13,16H,3-9H2,1-2H3,(H,17,18)/b14-11-/t10-,13+/m1/s1. The van der Waals surface area contributed by atoms with Gasteiger partial charge in [-0.3, -0.25) is 0 Å². The van der Waals surface area contributed by atoms with Crippen LogP contribution in [0.25, 0.3) is 0 Å². The summed E-state index contributed by atoms with van der Waals surface area (Å²) >= 11 is 0. The zero-order valence-corrected chi connectivity index (χ0v) is 11.4. The first-order valence-corrected chi connectivity index (χ1v) is 6.71. The molecular weight excluding hydrogens is 228 g/mol. The van der Waals surface area contributed by atoms with Crippen molar-refractivity contribution in [3.63, 3.8) is 0 Å². The van der Waals surface area contributed by atoms with Crippen LogP contribution in [0.2, 0.25) is 0 Å². The Morgan fingerprint density at radius 1 is 1.22 bits per heavy atom. The third kappa shape index (κ3) is 4.21. The second kappa shape index (κ2) is 6.62. The number of hydrogen-bond acceptors (Lipinski definition) is 2. The van der Waals surface area contributed by atoms with Crippen LogP contribution in [0.3, 0.4) is 0 Å². The van der Waals surface area contributed by atoms with Crippen LogP contribution < -0.4 is 0 Å². The van der Waals surface area contributed by atoms with Crippen LogP contribution in [0.4, 0.5) is 0 Å². The molecule has 102 valence electrons. The van der Waals surface area contributed by atoms with Gasteiger partial charge in [-0.15, -0.1) is 0 Å². The third-order valence-electron chi connectivity index (χ3n) is 4.01.